The lowest BCUT2D eigenvalue weighted by atomic mass is 10.1. The van der Waals surface area contributed by atoms with Crippen molar-refractivity contribution in [2.45, 2.75) is 89.1 Å². The van der Waals surface area contributed by atoms with Gasteiger partial charge in [-0.05, 0) is 25.7 Å². The molecule has 32 heavy (non-hydrogen) atoms. The fraction of sp³-hybridized carbons (Fsp3) is 0.700. The first-order chi connectivity index (χ1) is 15.0. The highest BCUT2D eigenvalue weighted by atomic mass is 16.4. The Bertz CT molecular complexity index is 609. The van der Waals surface area contributed by atoms with Gasteiger partial charge in [0.25, 0.3) is 0 Å². The van der Waals surface area contributed by atoms with Crippen molar-refractivity contribution in [3.05, 3.63) is 0 Å². The Morgan fingerprint density at radius 2 is 0.812 bits per heavy atom. The second kappa shape index (κ2) is 16.5. The average Bonchev–Trinajstić information content (AvgIpc) is 2.69. The lowest BCUT2D eigenvalue weighted by Crippen LogP contribution is -2.41. The van der Waals surface area contributed by atoms with Crippen molar-refractivity contribution in [3.63, 3.8) is 0 Å². The van der Waals surface area contributed by atoms with Crippen LogP contribution in [0.4, 0.5) is 0 Å². The van der Waals surface area contributed by atoms with Gasteiger partial charge in [-0.25, -0.2) is 9.59 Å². The summed E-state index contributed by atoms with van der Waals surface area (Å²) in [5.74, 6) is -5.73. The zero-order valence-electron chi connectivity index (χ0n) is 17.9. The number of unbranched alkanes of at least 4 members (excludes halogenated alkanes) is 5. The Labute approximate surface area is 185 Å². The summed E-state index contributed by atoms with van der Waals surface area (Å²) in [5, 5.41) is 39.8. The van der Waals surface area contributed by atoms with Crippen LogP contribution in [0.2, 0.25) is 0 Å². The van der Waals surface area contributed by atoms with Gasteiger partial charge in [0.15, 0.2) is 0 Å². The molecule has 0 aromatic carbocycles. The molecule has 0 fully saturated rings. The summed E-state index contributed by atoms with van der Waals surface area (Å²) in [6, 6.07) is -2.45. The van der Waals surface area contributed by atoms with Crippen LogP contribution in [0.15, 0.2) is 0 Å². The summed E-state index contributed by atoms with van der Waals surface area (Å²) in [4.78, 5) is 66.7. The number of carbonyl (C=O) groups is 6. The second-order valence-electron chi connectivity index (χ2n) is 7.40. The van der Waals surface area contributed by atoms with Crippen LogP contribution in [-0.4, -0.2) is 68.2 Å². The number of carboxylic acids is 4. The Morgan fingerprint density at radius 3 is 1.09 bits per heavy atom. The van der Waals surface area contributed by atoms with E-state index in [1.807, 2.05) is 0 Å². The lowest BCUT2D eigenvalue weighted by Gasteiger charge is -2.13. The highest BCUT2D eigenvalue weighted by Gasteiger charge is 2.21. The number of aliphatic carboxylic acids is 4. The van der Waals surface area contributed by atoms with Gasteiger partial charge in [0.1, 0.15) is 12.1 Å². The van der Waals surface area contributed by atoms with Gasteiger partial charge >= 0.3 is 23.9 Å². The van der Waals surface area contributed by atoms with E-state index in [9.17, 15) is 28.8 Å². The minimum absolute atomic E-state index is 0.131. The van der Waals surface area contributed by atoms with Crippen LogP contribution >= 0.6 is 0 Å². The van der Waals surface area contributed by atoms with Crippen LogP contribution in [0.3, 0.4) is 0 Å². The minimum atomic E-state index is -1.28. The largest absolute Gasteiger partial charge is 0.481 e. The molecule has 0 saturated carbocycles. The number of carbonyl (C=O) groups excluding carboxylic acids is 2. The van der Waals surface area contributed by atoms with Crippen LogP contribution in [0.1, 0.15) is 77.0 Å². The topological polar surface area (TPSA) is 207 Å². The number of carboxylic acid groups (broad SMARTS) is 4. The first kappa shape index (κ1) is 28.8. The SMILES string of the molecule is O=C(O)CC[C@H](NC(=O)CCCCCCCCC(=O)N[C@H](CCC(=O)O)C(=O)O)C(=O)O. The fourth-order valence-corrected chi connectivity index (χ4v) is 2.86. The zero-order valence-corrected chi connectivity index (χ0v) is 17.9. The third-order valence-electron chi connectivity index (χ3n) is 4.62. The predicted octanol–water partition coefficient (Wildman–Crippen LogP) is 0.976. The Hall–Kier alpha value is -3.18. The van der Waals surface area contributed by atoms with E-state index in [1.165, 1.54) is 0 Å². The van der Waals surface area contributed by atoms with Crippen LogP contribution in [0, 0.1) is 0 Å². The molecule has 2 amide bonds. The smallest absolute Gasteiger partial charge is 0.326 e. The van der Waals surface area contributed by atoms with Crippen molar-refractivity contribution in [2.75, 3.05) is 0 Å². The van der Waals surface area contributed by atoms with Crippen molar-refractivity contribution in [1.82, 2.24) is 10.6 Å². The Kier molecular flexibility index (Phi) is 14.9. The van der Waals surface area contributed by atoms with Crippen LogP contribution < -0.4 is 10.6 Å². The number of hydrogen-bond acceptors (Lipinski definition) is 6. The van der Waals surface area contributed by atoms with Crippen molar-refractivity contribution in [1.29, 1.82) is 0 Å². The van der Waals surface area contributed by atoms with Gasteiger partial charge in [0, 0.05) is 25.7 Å². The van der Waals surface area contributed by atoms with Gasteiger partial charge in [0.2, 0.25) is 11.8 Å². The number of nitrogens with one attached hydrogen (secondary N) is 2. The van der Waals surface area contributed by atoms with E-state index >= 15 is 0 Å². The van der Waals surface area contributed by atoms with Gasteiger partial charge in [-0.3, -0.25) is 19.2 Å². The molecule has 0 unspecified atom stereocenters. The molecule has 0 spiro atoms. The Morgan fingerprint density at radius 1 is 0.500 bits per heavy atom. The molecule has 6 N–H and O–H groups in total. The van der Waals surface area contributed by atoms with Gasteiger partial charge in [-0.15, -0.1) is 0 Å². The van der Waals surface area contributed by atoms with E-state index in [4.69, 9.17) is 20.4 Å². The summed E-state index contributed by atoms with van der Waals surface area (Å²) in [6.45, 7) is 0. The van der Waals surface area contributed by atoms with Crippen molar-refractivity contribution in [2.24, 2.45) is 0 Å². The van der Waals surface area contributed by atoms with E-state index in [2.05, 4.69) is 10.6 Å². The van der Waals surface area contributed by atoms with Gasteiger partial charge < -0.3 is 31.1 Å². The van der Waals surface area contributed by atoms with E-state index < -0.39 is 47.8 Å². The molecule has 0 aliphatic rings. The maximum atomic E-state index is 11.8. The molecule has 0 aromatic rings. The summed E-state index contributed by atoms with van der Waals surface area (Å²) in [7, 11) is 0. The molecule has 0 aliphatic heterocycles. The first-order valence-electron chi connectivity index (χ1n) is 10.5. The van der Waals surface area contributed by atoms with E-state index in [0.717, 1.165) is 25.7 Å². The van der Waals surface area contributed by atoms with Crippen molar-refractivity contribution in [3.8, 4) is 0 Å². The molecule has 2 atom stereocenters. The summed E-state index contributed by atoms with van der Waals surface area (Å²) in [5.41, 5.74) is 0. The van der Waals surface area contributed by atoms with Gasteiger partial charge in [-0.2, -0.15) is 0 Å². The molecular formula is C20H32N2O10. The maximum absolute atomic E-state index is 11.8. The molecule has 0 rings (SSSR count). The molecule has 182 valence electrons. The maximum Gasteiger partial charge on any atom is 0.326 e. The molecular weight excluding hydrogens is 428 g/mol. The molecule has 0 bridgehead atoms. The van der Waals surface area contributed by atoms with E-state index in [1.54, 1.807) is 0 Å². The van der Waals surface area contributed by atoms with Crippen molar-refractivity contribution >= 4 is 35.7 Å². The quantitative estimate of drug-likeness (QED) is 0.150. The number of rotatable bonds is 19. The summed E-state index contributed by atoms with van der Waals surface area (Å²) >= 11 is 0. The summed E-state index contributed by atoms with van der Waals surface area (Å²) in [6.07, 6.45) is 3.32. The first-order valence-corrected chi connectivity index (χ1v) is 10.5. The molecule has 0 aromatic heterocycles. The molecule has 0 radical (unpaired) electrons. The summed E-state index contributed by atoms with van der Waals surface area (Å²) < 4.78 is 0. The standard InChI is InChI=1S/C20H32N2O10/c23-15(21-13(19(29)30)9-11-17(25)26)7-5-3-1-2-4-6-8-16(24)22-14(20(31)32)10-12-18(27)28/h13-14H,1-12H2,(H,21,23)(H,22,24)(H,25,26)(H,27,28)(H,29,30)(H,31,32)/t13-,14+. The minimum Gasteiger partial charge on any atom is -0.481 e. The number of amides is 2. The predicted molar refractivity (Wildman–Crippen MR) is 110 cm³/mol. The monoisotopic (exact) mass is 460 g/mol. The fourth-order valence-electron chi connectivity index (χ4n) is 2.86. The number of hydrogen-bond donors (Lipinski definition) is 6. The van der Waals surface area contributed by atoms with Crippen molar-refractivity contribution < 1.29 is 49.2 Å². The zero-order chi connectivity index (χ0) is 24.5. The highest BCUT2D eigenvalue weighted by molar-refractivity contribution is 5.84. The molecule has 12 nitrogen and oxygen atoms in total. The molecule has 0 heterocycles. The third-order valence-corrected chi connectivity index (χ3v) is 4.62. The van der Waals surface area contributed by atoms with E-state index in [-0.39, 0.29) is 38.5 Å². The van der Waals surface area contributed by atoms with Crippen LogP contribution in [0.25, 0.3) is 0 Å². The lowest BCUT2D eigenvalue weighted by molar-refractivity contribution is -0.144. The Balaban J connectivity index is 3.90. The van der Waals surface area contributed by atoms with Crippen LogP contribution in [0.5, 0.6) is 0 Å². The second-order valence-corrected chi connectivity index (χ2v) is 7.40. The highest BCUT2D eigenvalue weighted by Crippen LogP contribution is 2.09. The van der Waals surface area contributed by atoms with E-state index in [0.29, 0.717) is 12.8 Å². The molecule has 12 heteroatoms. The average molecular weight is 460 g/mol. The third kappa shape index (κ3) is 15.6. The molecule has 0 saturated heterocycles. The normalized spacial score (nSPS) is 12.4. The van der Waals surface area contributed by atoms with Gasteiger partial charge in [-0.1, -0.05) is 25.7 Å². The molecule has 0 aliphatic carbocycles. The van der Waals surface area contributed by atoms with Crippen LogP contribution in [-0.2, 0) is 28.8 Å². The van der Waals surface area contributed by atoms with Gasteiger partial charge in [0.05, 0.1) is 0 Å².